The van der Waals surface area contributed by atoms with Crippen molar-refractivity contribution in [3.05, 3.63) is 34.4 Å². The van der Waals surface area contributed by atoms with Gasteiger partial charge < -0.3 is 10.1 Å². The highest BCUT2D eigenvalue weighted by Gasteiger charge is 2.26. The zero-order chi connectivity index (χ0) is 16.9. The van der Waals surface area contributed by atoms with Gasteiger partial charge in [-0.3, -0.25) is 0 Å². The van der Waals surface area contributed by atoms with E-state index in [1.807, 2.05) is 0 Å². The first-order valence-electron chi connectivity index (χ1n) is 9.09. The summed E-state index contributed by atoms with van der Waals surface area (Å²) in [5, 5.41) is 3.87. The van der Waals surface area contributed by atoms with Gasteiger partial charge in [-0.15, -0.1) is 0 Å². The molecule has 3 rings (SSSR count). The van der Waals surface area contributed by atoms with Crippen LogP contribution < -0.4 is 5.32 Å². The molecule has 2 fully saturated rings. The van der Waals surface area contributed by atoms with Gasteiger partial charge in [-0.2, -0.15) is 0 Å². The van der Waals surface area contributed by atoms with Crippen molar-refractivity contribution in [2.75, 3.05) is 19.8 Å². The normalized spacial score (nSPS) is 25.8. The van der Waals surface area contributed by atoms with E-state index in [0.717, 1.165) is 64.3 Å². The molecule has 5 heteroatoms. The molecule has 1 saturated heterocycles. The number of hydrogen-bond donors (Lipinski definition) is 1. The molecule has 1 N–H and O–H groups in total. The fourth-order valence-corrected chi connectivity index (χ4v) is 4.43. The van der Waals surface area contributed by atoms with Gasteiger partial charge in [0, 0.05) is 35.9 Å². The molecule has 1 aliphatic carbocycles. The van der Waals surface area contributed by atoms with Crippen molar-refractivity contribution < 1.29 is 13.5 Å². The maximum Gasteiger partial charge on any atom is 0.131 e. The summed E-state index contributed by atoms with van der Waals surface area (Å²) in [4.78, 5) is 0. The van der Waals surface area contributed by atoms with E-state index in [1.54, 1.807) is 0 Å². The Kier molecular flexibility index (Phi) is 6.48. The van der Waals surface area contributed by atoms with E-state index in [9.17, 15) is 8.78 Å². The van der Waals surface area contributed by atoms with Crippen molar-refractivity contribution in [1.82, 2.24) is 5.32 Å². The molecule has 1 aliphatic heterocycles. The van der Waals surface area contributed by atoms with Crippen molar-refractivity contribution in [3.8, 4) is 0 Å². The highest BCUT2D eigenvalue weighted by Crippen LogP contribution is 2.40. The Morgan fingerprint density at radius 3 is 2.42 bits per heavy atom. The minimum Gasteiger partial charge on any atom is -0.381 e. The smallest absolute Gasteiger partial charge is 0.131 e. The maximum atomic E-state index is 14.1. The van der Waals surface area contributed by atoms with Crippen LogP contribution in [0.25, 0.3) is 0 Å². The molecule has 0 atom stereocenters. The zero-order valence-electron chi connectivity index (χ0n) is 14.0. The van der Waals surface area contributed by atoms with Crippen molar-refractivity contribution >= 4 is 11.6 Å². The Morgan fingerprint density at radius 1 is 1.04 bits per heavy atom. The Balaban J connectivity index is 1.44. The predicted molar refractivity (Wildman–Crippen MR) is 92.5 cm³/mol. The van der Waals surface area contributed by atoms with Crippen LogP contribution in [-0.2, 0) is 4.74 Å². The van der Waals surface area contributed by atoms with E-state index in [0.29, 0.717) is 17.5 Å². The van der Waals surface area contributed by atoms with Gasteiger partial charge in [0.05, 0.1) is 0 Å². The molecule has 0 radical (unpaired) electrons. The van der Waals surface area contributed by atoms with Gasteiger partial charge in [-0.25, -0.2) is 8.78 Å². The lowest BCUT2D eigenvalue weighted by Crippen LogP contribution is -2.36. The molecule has 2 nitrogen and oxygen atoms in total. The number of nitrogens with one attached hydrogen (secondary N) is 1. The van der Waals surface area contributed by atoms with Crippen LogP contribution in [0.3, 0.4) is 0 Å². The van der Waals surface area contributed by atoms with E-state index >= 15 is 0 Å². The molecule has 1 aromatic carbocycles. The third-order valence-electron chi connectivity index (χ3n) is 5.51. The Bertz CT molecular complexity index is 517. The summed E-state index contributed by atoms with van der Waals surface area (Å²) >= 11 is 6.07. The van der Waals surface area contributed by atoms with Gasteiger partial charge >= 0.3 is 0 Å². The lowest BCUT2D eigenvalue weighted by Gasteiger charge is -2.30. The fraction of sp³-hybridized carbons (Fsp3) is 0.684. The van der Waals surface area contributed by atoms with Crippen LogP contribution in [0, 0.1) is 17.6 Å². The van der Waals surface area contributed by atoms with Gasteiger partial charge in [0.1, 0.15) is 11.6 Å². The quantitative estimate of drug-likeness (QED) is 0.796. The lowest BCUT2D eigenvalue weighted by molar-refractivity contribution is 0.0775. The second-order valence-corrected chi connectivity index (χ2v) is 7.54. The fourth-order valence-electron chi connectivity index (χ4n) is 4.08. The summed E-state index contributed by atoms with van der Waals surface area (Å²) in [6.07, 6.45) is 7.43. The second kappa shape index (κ2) is 8.59. The van der Waals surface area contributed by atoms with Crippen molar-refractivity contribution in [2.45, 2.75) is 56.9 Å². The van der Waals surface area contributed by atoms with Gasteiger partial charge in [0.15, 0.2) is 0 Å². The average molecular weight is 358 g/mol. The molecule has 1 aromatic rings. The minimum absolute atomic E-state index is 0.123. The molecular weight excluding hydrogens is 332 g/mol. The second-order valence-electron chi connectivity index (χ2n) is 7.13. The lowest BCUT2D eigenvalue weighted by atomic mass is 9.77. The summed E-state index contributed by atoms with van der Waals surface area (Å²) in [5.41, 5.74) is 0.511. The molecule has 1 heterocycles. The summed E-state index contributed by atoms with van der Waals surface area (Å²) in [7, 11) is 0. The van der Waals surface area contributed by atoms with Crippen LogP contribution in [0.1, 0.15) is 56.4 Å². The van der Waals surface area contributed by atoms with Crippen LogP contribution in [0.15, 0.2) is 12.1 Å². The Labute approximate surface area is 147 Å². The minimum atomic E-state index is -0.603. The molecule has 24 heavy (non-hydrogen) atoms. The van der Waals surface area contributed by atoms with Gasteiger partial charge in [-0.05, 0) is 69.4 Å². The van der Waals surface area contributed by atoms with Crippen LogP contribution in [0.2, 0.25) is 5.02 Å². The molecule has 0 aromatic heterocycles. The summed E-state index contributed by atoms with van der Waals surface area (Å²) in [5.74, 6) is -0.285. The highest BCUT2D eigenvalue weighted by atomic mass is 35.5. The molecule has 1 saturated carbocycles. The number of ether oxygens (including phenoxy) is 1. The topological polar surface area (TPSA) is 21.3 Å². The molecular formula is C19H26ClF2NO. The van der Waals surface area contributed by atoms with Crippen LogP contribution in [0.4, 0.5) is 8.78 Å². The monoisotopic (exact) mass is 357 g/mol. The largest absolute Gasteiger partial charge is 0.381 e. The predicted octanol–water partition coefficient (Wildman–Crippen LogP) is 5.05. The number of benzene rings is 1. The van der Waals surface area contributed by atoms with Gasteiger partial charge in [0.2, 0.25) is 0 Å². The third kappa shape index (κ3) is 4.68. The van der Waals surface area contributed by atoms with E-state index < -0.39 is 11.6 Å². The molecule has 0 bridgehead atoms. The summed E-state index contributed by atoms with van der Waals surface area (Å²) in [6.45, 7) is 2.78. The van der Waals surface area contributed by atoms with Gasteiger partial charge in [0.25, 0.3) is 0 Å². The van der Waals surface area contributed by atoms with Crippen LogP contribution in [-0.4, -0.2) is 25.8 Å². The van der Waals surface area contributed by atoms with E-state index in [2.05, 4.69) is 5.32 Å². The van der Waals surface area contributed by atoms with Crippen LogP contribution in [0.5, 0.6) is 0 Å². The van der Waals surface area contributed by atoms with E-state index in [4.69, 9.17) is 16.3 Å². The van der Waals surface area contributed by atoms with Crippen molar-refractivity contribution in [1.29, 1.82) is 0 Å². The van der Waals surface area contributed by atoms with Gasteiger partial charge in [-0.1, -0.05) is 11.6 Å². The summed E-state index contributed by atoms with van der Waals surface area (Å²) < 4.78 is 32.6. The molecule has 2 aliphatic rings. The first kappa shape index (κ1) is 18.1. The van der Waals surface area contributed by atoms with Crippen molar-refractivity contribution in [2.24, 2.45) is 5.92 Å². The molecule has 0 spiro atoms. The van der Waals surface area contributed by atoms with Crippen molar-refractivity contribution in [3.63, 3.8) is 0 Å². The van der Waals surface area contributed by atoms with Crippen LogP contribution >= 0.6 is 11.6 Å². The first-order valence-corrected chi connectivity index (χ1v) is 9.47. The number of rotatable bonds is 5. The zero-order valence-corrected chi connectivity index (χ0v) is 14.8. The molecule has 0 amide bonds. The first-order chi connectivity index (χ1) is 11.6. The van der Waals surface area contributed by atoms with E-state index in [-0.39, 0.29) is 10.9 Å². The highest BCUT2D eigenvalue weighted by molar-refractivity contribution is 6.31. The molecule has 0 unspecified atom stereocenters. The number of hydrogen-bond acceptors (Lipinski definition) is 2. The number of halogens is 3. The standard InChI is InChI=1S/C19H26ClF2NO/c20-17-11-15(21)12-18(22)19(17)14-3-1-13(2-4-14)5-8-23-16-6-9-24-10-7-16/h11-14,16,23H,1-10H2. The molecule has 134 valence electrons. The maximum absolute atomic E-state index is 14.1. The Hall–Kier alpha value is -0.710. The Morgan fingerprint density at radius 2 is 1.75 bits per heavy atom. The van der Waals surface area contributed by atoms with E-state index in [1.165, 1.54) is 12.5 Å². The average Bonchev–Trinajstić information content (AvgIpc) is 2.56. The third-order valence-corrected chi connectivity index (χ3v) is 5.82. The summed E-state index contributed by atoms with van der Waals surface area (Å²) in [6, 6.07) is 2.77. The SMILES string of the molecule is Fc1cc(F)c(C2CCC(CCNC3CCOCC3)CC2)c(Cl)c1.